The van der Waals surface area contributed by atoms with Crippen molar-refractivity contribution in [2.45, 2.75) is 37.6 Å². The first-order valence-electron chi connectivity index (χ1n) is 11.9. The van der Waals surface area contributed by atoms with Gasteiger partial charge in [0, 0.05) is 13.1 Å². The lowest BCUT2D eigenvalue weighted by Gasteiger charge is -2.30. The molecule has 184 valence electrons. The van der Waals surface area contributed by atoms with Crippen LogP contribution in [0.2, 0.25) is 0 Å². The number of sulfonamides is 1. The summed E-state index contributed by atoms with van der Waals surface area (Å²) in [7, 11) is -2.48. The van der Waals surface area contributed by atoms with Crippen molar-refractivity contribution >= 4 is 15.9 Å². The zero-order chi connectivity index (χ0) is 25.0. The lowest BCUT2D eigenvalue weighted by Crippen LogP contribution is -2.38. The van der Waals surface area contributed by atoms with E-state index in [0.717, 1.165) is 29.5 Å². The number of hydrogen-bond donors (Lipinski definition) is 1. The lowest BCUT2D eigenvalue weighted by atomic mass is 9.98. The van der Waals surface area contributed by atoms with E-state index in [2.05, 4.69) is 11.6 Å². The minimum Gasteiger partial charge on any atom is -0.496 e. The van der Waals surface area contributed by atoms with E-state index in [1.807, 2.05) is 61.5 Å². The van der Waals surface area contributed by atoms with Crippen LogP contribution in [0.15, 0.2) is 77.7 Å². The van der Waals surface area contributed by atoms with Gasteiger partial charge in [0.05, 0.1) is 23.6 Å². The molecular formula is C28H32N2O4S. The molecule has 0 bridgehead atoms. The van der Waals surface area contributed by atoms with Crippen LogP contribution in [0.1, 0.15) is 52.9 Å². The Hall–Kier alpha value is -3.16. The van der Waals surface area contributed by atoms with Crippen LogP contribution in [-0.4, -0.2) is 39.4 Å². The Morgan fingerprint density at radius 1 is 0.971 bits per heavy atom. The molecule has 6 nitrogen and oxygen atoms in total. The topological polar surface area (TPSA) is 75.7 Å². The summed E-state index contributed by atoms with van der Waals surface area (Å²) >= 11 is 0. The van der Waals surface area contributed by atoms with Crippen molar-refractivity contribution in [1.29, 1.82) is 0 Å². The molecule has 3 aromatic carbocycles. The van der Waals surface area contributed by atoms with Crippen molar-refractivity contribution in [3.8, 4) is 5.75 Å². The summed E-state index contributed by atoms with van der Waals surface area (Å²) in [6, 6.07) is 21.1. The second kappa shape index (κ2) is 10.6. The molecule has 0 aliphatic carbocycles. The van der Waals surface area contributed by atoms with Crippen LogP contribution in [0.4, 0.5) is 0 Å². The summed E-state index contributed by atoms with van der Waals surface area (Å²) < 4.78 is 35.4. The van der Waals surface area contributed by atoms with Gasteiger partial charge in [-0.1, -0.05) is 67.1 Å². The highest BCUT2D eigenvalue weighted by atomic mass is 32.2. The molecule has 1 saturated heterocycles. The number of amides is 1. The highest BCUT2D eigenvalue weighted by Gasteiger charge is 2.28. The quantitative estimate of drug-likeness (QED) is 0.507. The van der Waals surface area contributed by atoms with Gasteiger partial charge in [-0.05, 0) is 55.0 Å². The van der Waals surface area contributed by atoms with E-state index in [1.165, 1.54) is 19.2 Å². The number of aryl methyl sites for hydroxylation is 1. The van der Waals surface area contributed by atoms with Crippen LogP contribution in [0.25, 0.3) is 0 Å². The zero-order valence-corrected chi connectivity index (χ0v) is 21.2. The number of carbonyl (C=O) groups excluding carboxylic acids is 1. The summed E-state index contributed by atoms with van der Waals surface area (Å²) in [5, 5.41) is 0. The fourth-order valence-electron chi connectivity index (χ4n) is 4.36. The van der Waals surface area contributed by atoms with Crippen LogP contribution >= 0.6 is 0 Å². The molecule has 3 aromatic rings. The third-order valence-corrected chi connectivity index (χ3v) is 8.02. The number of benzene rings is 3. The van der Waals surface area contributed by atoms with Crippen molar-refractivity contribution in [2.75, 3.05) is 20.2 Å². The number of nitrogens with zero attached hydrogens (tertiary/aromatic N) is 1. The van der Waals surface area contributed by atoms with Crippen LogP contribution < -0.4 is 9.46 Å². The van der Waals surface area contributed by atoms with Gasteiger partial charge in [-0.2, -0.15) is 4.72 Å². The molecule has 1 aliphatic rings. The number of ether oxygens (including phenoxy) is 1. The van der Waals surface area contributed by atoms with Crippen molar-refractivity contribution in [3.63, 3.8) is 0 Å². The first-order valence-corrected chi connectivity index (χ1v) is 13.4. The Bertz CT molecular complexity index is 1270. The van der Waals surface area contributed by atoms with Gasteiger partial charge in [0.1, 0.15) is 5.75 Å². The zero-order valence-electron chi connectivity index (χ0n) is 20.4. The van der Waals surface area contributed by atoms with E-state index < -0.39 is 16.1 Å². The van der Waals surface area contributed by atoms with Crippen molar-refractivity contribution in [3.05, 3.63) is 95.1 Å². The van der Waals surface area contributed by atoms with E-state index in [0.29, 0.717) is 24.8 Å². The fraction of sp³-hybridized carbons (Fsp3) is 0.321. The molecule has 1 fully saturated rings. The average molecular weight is 493 g/mol. The molecule has 7 heteroatoms. The molecule has 1 aliphatic heterocycles. The van der Waals surface area contributed by atoms with Gasteiger partial charge >= 0.3 is 0 Å². The van der Waals surface area contributed by atoms with Crippen LogP contribution in [0, 0.1) is 12.8 Å². The molecule has 1 amide bonds. The maximum absolute atomic E-state index is 13.6. The Morgan fingerprint density at radius 3 is 2.23 bits per heavy atom. The lowest BCUT2D eigenvalue weighted by molar-refractivity contribution is 0.0693. The van der Waals surface area contributed by atoms with Crippen molar-refractivity contribution in [2.24, 2.45) is 5.92 Å². The van der Waals surface area contributed by atoms with E-state index in [9.17, 15) is 13.2 Å². The molecule has 1 N–H and O–H groups in total. The van der Waals surface area contributed by atoms with E-state index in [-0.39, 0.29) is 16.4 Å². The van der Waals surface area contributed by atoms with Gasteiger partial charge in [-0.15, -0.1) is 0 Å². The highest BCUT2D eigenvalue weighted by molar-refractivity contribution is 7.89. The van der Waals surface area contributed by atoms with Gasteiger partial charge in [-0.3, -0.25) is 4.79 Å². The van der Waals surface area contributed by atoms with Crippen molar-refractivity contribution < 1.29 is 17.9 Å². The number of carbonyl (C=O) groups is 1. The molecule has 0 saturated carbocycles. The standard InChI is InChI=1S/C28H32N2O4S/c1-20-9-11-23(12-10-20)27(22-7-5-4-6-8-22)29-35(32,33)24-13-14-26(34-3)25(19-24)28(31)30-17-15-21(2)16-18-30/h4-14,19,21,27,29H,15-18H2,1-3H3. The summed E-state index contributed by atoms with van der Waals surface area (Å²) in [6.07, 6.45) is 1.87. The number of piperidine rings is 1. The Balaban J connectivity index is 1.68. The molecule has 1 heterocycles. The van der Waals surface area contributed by atoms with Gasteiger partial charge in [-0.25, -0.2) is 8.42 Å². The summed E-state index contributed by atoms with van der Waals surface area (Å²) in [5.74, 6) is 0.739. The average Bonchev–Trinajstić information content (AvgIpc) is 2.88. The highest BCUT2D eigenvalue weighted by Crippen LogP contribution is 2.29. The number of hydrogen-bond acceptors (Lipinski definition) is 4. The Labute approximate surface area is 208 Å². The van der Waals surface area contributed by atoms with E-state index in [1.54, 1.807) is 11.0 Å². The maximum Gasteiger partial charge on any atom is 0.257 e. The second-order valence-corrected chi connectivity index (χ2v) is 10.9. The SMILES string of the molecule is COc1ccc(S(=O)(=O)NC(c2ccccc2)c2ccc(C)cc2)cc1C(=O)N1CCC(C)CC1. The molecule has 1 atom stereocenters. The van der Waals surface area contributed by atoms with E-state index >= 15 is 0 Å². The predicted octanol–water partition coefficient (Wildman–Crippen LogP) is 4.94. The summed E-state index contributed by atoms with van der Waals surface area (Å²) in [4.78, 5) is 15.1. The normalized spacial score (nSPS) is 15.6. The molecule has 1 unspecified atom stereocenters. The van der Waals surface area contributed by atoms with Gasteiger partial charge in [0.2, 0.25) is 10.0 Å². The minimum atomic E-state index is -3.96. The van der Waals surface area contributed by atoms with Crippen LogP contribution in [0.3, 0.4) is 0 Å². The first-order chi connectivity index (χ1) is 16.8. The monoisotopic (exact) mass is 492 g/mol. The smallest absolute Gasteiger partial charge is 0.257 e. The number of likely N-dealkylation sites (tertiary alicyclic amines) is 1. The Morgan fingerprint density at radius 2 is 1.60 bits per heavy atom. The van der Waals surface area contributed by atoms with Gasteiger partial charge in [0.15, 0.2) is 0 Å². The number of methoxy groups -OCH3 is 1. The maximum atomic E-state index is 13.6. The molecular weight excluding hydrogens is 460 g/mol. The van der Waals surface area contributed by atoms with Crippen LogP contribution in [0.5, 0.6) is 5.75 Å². The number of rotatable bonds is 7. The second-order valence-electron chi connectivity index (χ2n) is 9.21. The van der Waals surface area contributed by atoms with Crippen molar-refractivity contribution in [1.82, 2.24) is 9.62 Å². The molecule has 4 rings (SSSR count). The summed E-state index contributed by atoms with van der Waals surface area (Å²) in [6.45, 7) is 5.48. The number of nitrogens with one attached hydrogen (secondary N) is 1. The third-order valence-electron chi connectivity index (χ3n) is 6.60. The van der Waals surface area contributed by atoms with Gasteiger partial charge < -0.3 is 9.64 Å². The third kappa shape index (κ3) is 5.74. The predicted molar refractivity (Wildman–Crippen MR) is 137 cm³/mol. The largest absolute Gasteiger partial charge is 0.496 e. The Kier molecular flexibility index (Phi) is 7.57. The molecule has 0 radical (unpaired) electrons. The van der Waals surface area contributed by atoms with Gasteiger partial charge in [0.25, 0.3) is 5.91 Å². The molecule has 0 aromatic heterocycles. The summed E-state index contributed by atoms with van der Waals surface area (Å²) in [5.41, 5.74) is 3.01. The van der Waals surface area contributed by atoms with Crippen LogP contribution in [-0.2, 0) is 10.0 Å². The van der Waals surface area contributed by atoms with E-state index in [4.69, 9.17) is 4.74 Å². The fourth-order valence-corrected chi connectivity index (χ4v) is 5.60. The first kappa shape index (κ1) is 24.9. The molecule has 0 spiro atoms. The molecule has 35 heavy (non-hydrogen) atoms. The minimum absolute atomic E-state index is 0.0278.